The van der Waals surface area contributed by atoms with Crippen LogP contribution < -0.4 is 0 Å². The Morgan fingerprint density at radius 3 is 2.36 bits per heavy atom. The number of benzene rings is 2. The summed E-state index contributed by atoms with van der Waals surface area (Å²) in [4.78, 5) is 1.92. The van der Waals surface area contributed by atoms with Crippen LogP contribution in [0.15, 0.2) is 36.4 Å². The molecule has 0 saturated heterocycles. The molecule has 0 aliphatic heterocycles. The quantitative estimate of drug-likeness (QED) is 0.635. The van der Waals surface area contributed by atoms with Crippen molar-refractivity contribution in [1.29, 1.82) is 5.41 Å². The predicted molar refractivity (Wildman–Crippen MR) is 95.3 cm³/mol. The highest BCUT2D eigenvalue weighted by Gasteiger charge is 2.13. The Bertz CT molecular complexity index is 675. The number of amidine groups is 1. The molecule has 0 spiro atoms. The second kappa shape index (κ2) is 6.97. The normalized spacial score (nSPS) is 10.6. The molecule has 0 aromatic heterocycles. The van der Waals surface area contributed by atoms with Crippen molar-refractivity contribution in [2.45, 2.75) is 27.2 Å². The molecular weight excluding hydrogens is 292 g/mol. The smallest absolute Gasteiger partial charge is 0.128 e. The minimum absolute atomic E-state index is 0.521. The fraction of sp³-hybridized carbons (Fsp3) is 0.316. The molecule has 0 unspecified atom stereocenters. The van der Waals surface area contributed by atoms with Crippen molar-refractivity contribution >= 4 is 17.4 Å². The molecule has 1 N–H and O–H groups in total. The Labute approximate surface area is 138 Å². The van der Waals surface area contributed by atoms with E-state index in [1.54, 1.807) is 0 Å². The molecule has 116 valence electrons. The highest BCUT2D eigenvalue weighted by molar-refractivity contribution is 6.31. The number of aryl methyl sites for hydroxylation is 1. The number of halogens is 1. The molecule has 0 aliphatic rings. The summed E-state index contributed by atoms with van der Waals surface area (Å²) in [5, 5.41) is 9.04. The van der Waals surface area contributed by atoms with Gasteiger partial charge in [0.15, 0.2) is 0 Å². The van der Waals surface area contributed by atoms with Gasteiger partial charge in [0.2, 0.25) is 0 Å². The van der Waals surface area contributed by atoms with E-state index in [1.165, 1.54) is 16.7 Å². The van der Waals surface area contributed by atoms with Crippen molar-refractivity contribution in [2.24, 2.45) is 0 Å². The molecule has 0 aliphatic carbocycles. The summed E-state index contributed by atoms with van der Waals surface area (Å²) in [6.07, 6.45) is 0.836. The van der Waals surface area contributed by atoms with Crippen molar-refractivity contribution < 1.29 is 0 Å². The first-order chi connectivity index (χ1) is 10.4. The van der Waals surface area contributed by atoms with Gasteiger partial charge in [0.1, 0.15) is 5.84 Å². The van der Waals surface area contributed by atoms with Crippen LogP contribution >= 0.6 is 11.6 Å². The average molecular weight is 315 g/mol. The van der Waals surface area contributed by atoms with Crippen LogP contribution in [-0.4, -0.2) is 24.3 Å². The highest BCUT2D eigenvalue weighted by atomic mass is 35.5. The maximum Gasteiger partial charge on any atom is 0.128 e. The van der Waals surface area contributed by atoms with Crippen LogP contribution in [0.25, 0.3) is 0 Å². The largest absolute Gasteiger partial charge is 0.360 e. The Morgan fingerprint density at radius 2 is 1.77 bits per heavy atom. The number of hydrogen-bond acceptors (Lipinski definition) is 1. The monoisotopic (exact) mass is 314 g/mol. The van der Waals surface area contributed by atoms with Gasteiger partial charge in [-0.15, -0.1) is 0 Å². The van der Waals surface area contributed by atoms with Crippen LogP contribution in [0.3, 0.4) is 0 Å². The lowest BCUT2D eigenvalue weighted by atomic mass is 9.95. The summed E-state index contributed by atoms with van der Waals surface area (Å²) < 4.78 is 0. The van der Waals surface area contributed by atoms with E-state index < -0.39 is 0 Å². The standard InChI is InChI=1S/C19H23ClN2/c1-5-22(4)19(21)18-12-17(20)11-16(14(18)3)10-15-8-6-13(2)7-9-15/h6-9,11-12,21H,5,10H2,1-4H3. The summed E-state index contributed by atoms with van der Waals surface area (Å²) in [7, 11) is 1.93. The van der Waals surface area contributed by atoms with Crippen molar-refractivity contribution in [2.75, 3.05) is 13.6 Å². The van der Waals surface area contributed by atoms with Gasteiger partial charge in [-0.2, -0.15) is 0 Å². The van der Waals surface area contributed by atoms with Gasteiger partial charge < -0.3 is 4.90 Å². The van der Waals surface area contributed by atoms with E-state index >= 15 is 0 Å². The first kappa shape index (κ1) is 16.6. The molecule has 3 heteroatoms. The molecule has 22 heavy (non-hydrogen) atoms. The molecule has 0 saturated carbocycles. The van der Waals surface area contributed by atoms with Crippen LogP contribution in [0.5, 0.6) is 0 Å². The Morgan fingerprint density at radius 1 is 1.14 bits per heavy atom. The van der Waals surface area contributed by atoms with E-state index in [2.05, 4.69) is 38.1 Å². The van der Waals surface area contributed by atoms with Crippen molar-refractivity contribution in [3.8, 4) is 0 Å². The molecule has 0 heterocycles. The topological polar surface area (TPSA) is 27.1 Å². The molecule has 0 fully saturated rings. The Balaban J connectivity index is 2.38. The van der Waals surface area contributed by atoms with Crippen LogP contribution in [0, 0.1) is 19.3 Å². The van der Waals surface area contributed by atoms with Gasteiger partial charge in [0.25, 0.3) is 0 Å². The maximum absolute atomic E-state index is 8.35. The Hall–Kier alpha value is -1.80. The van der Waals surface area contributed by atoms with E-state index in [0.717, 1.165) is 24.1 Å². The minimum Gasteiger partial charge on any atom is -0.360 e. The lowest BCUT2D eigenvalue weighted by Gasteiger charge is -2.21. The third-order valence-electron chi connectivity index (χ3n) is 4.11. The van der Waals surface area contributed by atoms with E-state index in [1.807, 2.05) is 31.0 Å². The molecular formula is C19H23ClN2. The minimum atomic E-state index is 0.521. The van der Waals surface area contributed by atoms with Gasteiger partial charge in [-0.1, -0.05) is 41.4 Å². The predicted octanol–water partition coefficient (Wildman–Crippen LogP) is 4.82. The summed E-state index contributed by atoms with van der Waals surface area (Å²) in [5.41, 5.74) is 5.76. The van der Waals surface area contributed by atoms with E-state index in [-0.39, 0.29) is 0 Å². The zero-order chi connectivity index (χ0) is 16.3. The molecule has 0 amide bonds. The number of nitrogens with zero attached hydrogens (tertiary/aromatic N) is 1. The van der Waals surface area contributed by atoms with Gasteiger partial charge in [0, 0.05) is 24.2 Å². The van der Waals surface area contributed by atoms with Crippen molar-refractivity contribution in [3.05, 3.63) is 69.2 Å². The lowest BCUT2D eigenvalue weighted by molar-refractivity contribution is 0.532. The summed E-state index contributed by atoms with van der Waals surface area (Å²) >= 11 is 6.29. The van der Waals surface area contributed by atoms with Crippen LogP contribution in [0.4, 0.5) is 0 Å². The van der Waals surface area contributed by atoms with Gasteiger partial charge in [-0.3, -0.25) is 5.41 Å². The second-order valence-electron chi connectivity index (χ2n) is 5.76. The third-order valence-corrected chi connectivity index (χ3v) is 4.32. The molecule has 2 aromatic rings. The maximum atomic E-state index is 8.35. The van der Waals surface area contributed by atoms with Gasteiger partial charge in [-0.25, -0.2) is 0 Å². The fourth-order valence-electron chi connectivity index (χ4n) is 2.45. The molecule has 0 atom stereocenters. The van der Waals surface area contributed by atoms with Crippen LogP contribution in [0.1, 0.15) is 34.7 Å². The van der Waals surface area contributed by atoms with Crippen LogP contribution in [0.2, 0.25) is 5.02 Å². The number of nitrogens with one attached hydrogen (secondary N) is 1. The first-order valence-corrected chi connectivity index (χ1v) is 7.94. The van der Waals surface area contributed by atoms with Gasteiger partial charge in [0.05, 0.1) is 0 Å². The number of hydrogen-bond donors (Lipinski definition) is 1. The van der Waals surface area contributed by atoms with Gasteiger partial charge >= 0.3 is 0 Å². The average Bonchev–Trinajstić information content (AvgIpc) is 2.51. The lowest BCUT2D eigenvalue weighted by Crippen LogP contribution is -2.27. The van der Waals surface area contributed by atoms with E-state index in [9.17, 15) is 0 Å². The molecule has 0 bridgehead atoms. The zero-order valence-electron chi connectivity index (χ0n) is 13.7. The molecule has 2 rings (SSSR count). The molecule has 2 nitrogen and oxygen atoms in total. The SMILES string of the molecule is CCN(C)C(=N)c1cc(Cl)cc(Cc2ccc(C)cc2)c1C. The number of rotatable bonds is 4. The second-order valence-corrected chi connectivity index (χ2v) is 6.20. The summed E-state index contributed by atoms with van der Waals surface area (Å²) in [5.74, 6) is 0.521. The third kappa shape index (κ3) is 3.69. The van der Waals surface area contributed by atoms with E-state index in [4.69, 9.17) is 17.0 Å². The molecule has 0 radical (unpaired) electrons. The first-order valence-electron chi connectivity index (χ1n) is 7.57. The van der Waals surface area contributed by atoms with Crippen molar-refractivity contribution in [1.82, 2.24) is 4.90 Å². The van der Waals surface area contributed by atoms with Gasteiger partial charge in [-0.05, 0) is 56.0 Å². The van der Waals surface area contributed by atoms with E-state index in [0.29, 0.717) is 10.9 Å². The summed E-state index contributed by atoms with van der Waals surface area (Å²) in [6.45, 7) is 7.02. The molecule has 2 aromatic carbocycles. The zero-order valence-corrected chi connectivity index (χ0v) is 14.5. The van der Waals surface area contributed by atoms with Crippen molar-refractivity contribution in [3.63, 3.8) is 0 Å². The fourth-order valence-corrected chi connectivity index (χ4v) is 2.70. The summed E-state index contributed by atoms with van der Waals surface area (Å²) in [6, 6.07) is 12.5. The van der Waals surface area contributed by atoms with Crippen LogP contribution in [-0.2, 0) is 6.42 Å². The highest BCUT2D eigenvalue weighted by Crippen LogP contribution is 2.24. The Kier molecular flexibility index (Phi) is 5.25.